The molecule has 0 bridgehead atoms. The molecular weight excluding hydrogens is 128 g/mol. The largest absolute Gasteiger partial charge is 0.396 e. The van der Waals surface area contributed by atoms with Crippen LogP contribution in [0.2, 0.25) is 0 Å². The lowest BCUT2D eigenvalue weighted by Crippen LogP contribution is -2.20. The Bertz CT molecular complexity index is 55.7. The highest BCUT2D eigenvalue weighted by Gasteiger charge is 2.15. The maximum absolute atomic E-state index is 8.85. The molecule has 2 nitrogen and oxygen atoms in total. The van der Waals surface area contributed by atoms with E-state index in [9.17, 15) is 0 Å². The summed E-state index contributed by atoms with van der Waals surface area (Å²) in [5, 5.41) is 17.7. The minimum absolute atomic E-state index is 0.204. The standard InChI is InChI=1S/C8H18O2/c1-3-7(5-9)8(4-2)6-10/h7-10H,3-6H2,1-2H3/t7-,8-/m0/s1. The molecule has 0 aliphatic carbocycles. The number of aliphatic hydroxyl groups is 2. The highest BCUT2D eigenvalue weighted by atomic mass is 16.3. The SMILES string of the molecule is CC[C@@H](CO)[C@@H](CC)CO. The number of rotatable bonds is 5. The van der Waals surface area contributed by atoms with Crippen molar-refractivity contribution in [2.24, 2.45) is 11.8 Å². The van der Waals surface area contributed by atoms with Gasteiger partial charge in [-0.3, -0.25) is 0 Å². The first kappa shape index (κ1) is 9.92. The molecule has 0 fully saturated rings. The van der Waals surface area contributed by atoms with E-state index in [1.807, 2.05) is 13.8 Å². The molecule has 2 heteroatoms. The maximum Gasteiger partial charge on any atom is 0.0462 e. The molecule has 0 amide bonds. The Morgan fingerprint density at radius 1 is 0.900 bits per heavy atom. The van der Waals surface area contributed by atoms with Crippen LogP contribution in [0.5, 0.6) is 0 Å². The Morgan fingerprint density at radius 2 is 1.20 bits per heavy atom. The van der Waals surface area contributed by atoms with Crippen LogP contribution in [0.3, 0.4) is 0 Å². The third-order valence-corrected chi connectivity index (χ3v) is 2.18. The van der Waals surface area contributed by atoms with E-state index in [4.69, 9.17) is 10.2 Å². The van der Waals surface area contributed by atoms with Crippen molar-refractivity contribution in [3.8, 4) is 0 Å². The van der Waals surface area contributed by atoms with Crippen LogP contribution in [0, 0.1) is 11.8 Å². The van der Waals surface area contributed by atoms with Crippen molar-refractivity contribution in [1.29, 1.82) is 0 Å². The van der Waals surface area contributed by atoms with Crippen LogP contribution in [-0.2, 0) is 0 Å². The minimum atomic E-state index is 0.204. The molecular formula is C8H18O2. The summed E-state index contributed by atoms with van der Waals surface area (Å²) in [5.41, 5.74) is 0. The zero-order valence-corrected chi connectivity index (χ0v) is 6.88. The van der Waals surface area contributed by atoms with E-state index in [2.05, 4.69) is 0 Å². The Balaban J connectivity index is 3.70. The molecule has 0 aromatic carbocycles. The highest BCUT2D eigenvalue weighted by molar-refractivity contribution is 4.65. The predicted octanol–water partition coefficient (Wildman–Crippen LogP) is 1.02. The fraction of sp³-hybridized carbons (Fsp3) is 1.00. The lowest BCUT2D eigenvalue weighted by molar-refractivity contribution is 0.114. The molecule has 10 heavy (non-hydrogen) atoms. The summed E-state index contributed by atoms with van der Waals surface area (Å²) in [5.74, 6) is 0.574. The molecule has 0 aromatic heterocycles. The van der Waals surface area contributed by atoms with Crippen LogP contribution in [0.15, 0.2) is 0 Å². The van der Waals surface area contributed by atoms with Gasteiger partial charge in [-0.1, -0.05) is 26.7 Å². The first-order chi connectivity index (χ1) is 4.79. The molecule has 0 radical (unpaired) electrons. The minimum Gasteiger partial charge on any atom is -0.396 e. The summed E-state index contributed by atoms with van der Waals surface area (Å²) in [6, 6.07) is 0. The molecule has 0 aromatic rings. The van der Waals surface area contributed by atoms with Crippen LogP contribution in [0.25, 0.3) is 0 Å². The van der Waals surface area contributed by atoms with Crippen molar-refractivity contribution >= 4 is 0 Å². The second-order valence-corrected chi connectivity index (χ2v) is 2.70. The first-order valence-corrected chi connectivity index (χ1v) is 4.01. The summed E-state index contributed by atoms with van der Waals surface area (Å²) in [6.45, 7) is 4.49. The summed E-state index contributed by atoms with van der Waals surface area (Å²) in [4.78, 5) is 0. The maximum atomic E-state index is 8.85. The van der Waals surface area contributed by atoms with Crippen LogP contribution in [-0.4, -0.2) is 23.4 Å². The van der Waals surface area contributed by atoms with Crippen molar-refractivity contribution < 1.29 is 10.2 Å². The Hall–Kier alpha value is -0.0800. The van der Waals surface area contributed by atoms with Crippen LogP contribution >= 0.6 is 0 Å². The fourth-order valence-corrected chi connectivity index (χ4v) is 1.22. The van der Waals surface area contributed by atoms with Crippen LogP contribution in [0.4, 0.5) is 0 Å². The van der Waals surface area contributed by atoms with Crippen molar-refractivity contribution in [2.75, 3.05) is 13.2 Å². The fourth-order valence-electron chi connectivity index (χ4n) is 1.22. The zero-order valence-electron chi connectivity index (χ0n) is 6.88. The molecule has 62 valence electrons. The molecule has 2 atom stereocenters. The molecule has 0 saturated heterocycles. The second-order valence-electron chi connectivity index (χ2n) is 2.70. The monoisotopic (exact) mass is 146 g/mol. The lowest BCUT2D eigenvalue weighted by Gasteiger charge is -2.20. The Kier molecular flexibility index (Phi) is 5.64. The Morgan fingerprint density at radius 3 is 1.30 bits per heavy atom. The second kappa shape index (κ2) is 5.69. The average molecular weight is 146 g/mol. The molecule has 0 aliphatic heterocycles. The van der Waals surface area contributed by atoms with Gasteiger partial charge in [0.2, 0.25) is 0 Å². The van der Waals surface area contributed by atoms with Gasteiger partial charge in [0.25, 0.3) is 0 Å². The van der Waals surface area contributed by atoms with E-state index in [0.717, 1.165) is 12.8 Å². The van der Waals surface area contributed by atoms with Gasteiger partial charge in [-0.2, -0.15) is 0 Å². The van der Waals surface area contributed by atoms with Crippen molar-refractivity contribution in [1.82, 2.24) is 0 Å². The molecule has 0 spiro atoms. The van der Waals surface area contributed by atoms with Crippen molar-refractivity contribution in [3.05, 3.63) is 0 Å². The van der Waals surface area contributed by atoms with Crippen molar-refractivity contribution in [3.63, 3.8) is 0 Å². The van der Waals surface area contributed by atoms with E-state index in [1.54, 1.807) is 0 Å². The van der Waals surface area contributed by atoms with Gasteiger partial charge in [-0.15, -0.1) is 0 Å². The van der Waals surface area contributed by atoms with E-state index in [1.165, 1.54) is 0 Å². The van der Waals surface area contributed by atoms with Crippen LogP contribution < -0.4 is 0 Å². The number of hydrogen-bond acceptors (Lipinski definition) is 2. The van der Waals surface area contributed by atoms with E-state index in [-0.39, 0.29) is 25.0 Å². The summed E-state index contributed by atoms with van der Waals surface area (Å²) in [6.07, 6.45) is 1.91. The van der Waals surface area contributed by atoms with Gasteiger partial charge < -0.3 is 10.2 Å². The van der Waals surface area contributed by atoms with Gasteiger partial charge in [-0.25, -0.2) is 0 Å². The van der Waals surface area contributed by atoms with Gasteiger partial charge in [0.05, 0.1) is 0 Å². The highest BCUT2D eigenvalue weighted by Crippen LogP contribution is 2.17. The van der Waals surface area contributed by atoms with Gasteiger partial charge >= 0.3 is 0 Å². The topological polar surface area (TPSA) is 40.5 Å². The van der Waals surface area contributed by atoms with E-state index >= 15 is 0 Å². The summed E-state index contributed by atoms with van der Waals surface area (Å²) < 4.78 is 0. The number of hydrogen-bond donors (Lipinski definition) is 2. The van der Waals surface area contributed by atoms with Gasteiger partial charge in [0.1, 0.15) is 0 Å². The normalized spacial score (nSPS) is 16.8. The lowest BCUT2D eigenvalue weighted by atomic mass is 9.89. The van der Waals surface area contributed by atoms with E-state index in [0.29, 0.717) is 0 Å². The molecule has 0 rings (SSSR count). The number of aliphatic hydroxyl groups excluding tert-OH is 2. The molecule has 0 aliphatic rings. The smallest absolute Gasteiger partial charge is 0.0462 e. The van der Waals surface area contributed by atoms with Gasteiger partial charge in [-0.05, 0) is 11.8 Å². The average Bonchev–Trinajstić information content (AvgIpc) is 2.00. The quantitative estimate of drug-likeness (QED) is 0.608. The summed E-state index contributed by atoms with van der Waals surface area (Å²) >= 11 is 0. The summed E-state index contributed by atoms with van der Waals surface area (Å²) in [7, 11) is 0. The van der Waals surface area contributed by atoms with E-state index < -0.39 is 0 Å². The predicted molar refractivity (Wildman–Crippen MR) is 41.7 cm³/mol. The third-order valence-electron chi connectivity index (χ3n) is 2.18. The molecule has 2 N–H and O–H groups in total. The third kappa shape index (κ3) is 2.67. The van der Waals surface area contributed by atoms with Crippen molar-refractivity contribution in [2.45, 2.75) is 26.7 Å². The Labute approximate surface area is 62.9 Å². The molecule has 0 unspecified atom stereocenters. The van der Waals surface area contributed by atoms with Gasteiger partial charge in [0, 0.05) is 13.2 Å². The molecule has 0 saturated carbocycles. The molecule has 0 heterocycles. The zero-order chi connectivity index (χ0) is 7.98. The van der Waals surface area contributed by atoms with Crippen LogP contribution in [0.1, 0.15) is 26.7 Å². The van der Waals surface area contributed by atoms with Gasteiger partial charge in [0.15, 0.2) is 0 Å². The first-order valence-electron chi connectivity index (χ1n) is 4.01.